The minimum atomic E-state index is 0. The summed E-state index contributed by atoms with van der Waals surface area (Å²) in [4.78, 5) is 0. The van der Waals surface area contributed by atoms with Crippen molar-refractivity contribution in [2.24, 2.45) is 5.92 Å². The van der Waals surface area contributed by atoms with E-state index >= 15 is 0 Å². The van der Waals surface area contributed by atoms with Crippen LogP contribution in [0.25, 0.3) is 10.8 Å². The van der Waals surface area contributed by atoms with Crippen molar-refractivity contribution in [2.45, 2.75) is 25.9 Å². The Hall–Kier alpha value is -1.25. The summed E-state index contributed by atoms with van der Waals surface area (Å²) in [5.74, 6) is 1.68. The van der Waals surface area contributed by atoms with Gasteiger partial charge in [-0.15, -0.1) is 12.4 Å². The first-order valence-electron chi connectivity index (χ1n) is 7.23. The highest BCUT2D eigenvalue weighted by Gasteiger charge is 2.27. The molecule has 1 aliphatic rings. The third-order valence-electron chi connectivity index (χ3n) is 3.92. The number of benzene rings is 2. The quantitative estimate of drug-likeness (QED) is 0.898. The van der Waals surface area contributed by atoms with Crippen LogP contribution < -0.4 is 10.1 Å². The normalized spacial score (nSPS) is 16.2. The van der Waals surface area contributed by atoms with Crippen molar-refractivity contribution in [1.29, 1.82) is 0 Å². The zero-order chi connectivity index (χ0) is 13.1. The number of fused-ring (bicyclic) bond motifs is 1. The van der Waals surface area contributed by atoms with Crippen LogP contribution in [0.2, 0.25) is 0 Å². The molecule has 1 aliphatic heterocycles. The van der Waals surface area contributed by atoms with Crippen LogP contribution in [0.15, 0.2) is 42.5 Å². The van der Waals surface area contributed by atoms with Gasteiger partial charge in [0, 0.05) is 19.0 Å². The van der Waals surface area contributed by atoms with Crippen molar-refractivity contribution in [3.05, 3.63) is 42.5 Å². The van der Waals surface area contributed by atoms with Crippen molar-refractivity contribution in [3.63, 3.8) is 0 Å². The van der Waals surface area contributed by atoms with E-state index in [9.17, 15) is 0 Å². The van der Waals surface area contributed by atoms with E-state index in [2.05, 4.69) is 54.7 Å². The van der Waals surface area contributed by atoms with E-state index < -0.39 is 0 Å². The third-order valence-corrected chi connectivity index (χ3v) is 3.92. The summed E-state index contributed by atoms with van der Waals surface area (Å²) in [7, 11) is 0. The highest BCUT2D eigenvalue weighted by Crippen LogP contribution is 2.25. The lowest BCUT2D eigenvalue weighted by atomic mass is 9.93. The van der Waals surface area contributed by atoms with Crippen LogP contribution in [0.5, 0.6) is 5.75 Å². The van der Waals surface area contributed by atoms with Crippen LogP contribution in [-0.4, -0.2) is 19.2 Å². The summed E-state index contributed by atoms with van der Waals surface area (Å²) < 4.78 is 6.23. The molecule has 0 aliphatic carbocycles. The molecule has 3 rings (SSSR count). The van der Waals surface area contributed by atoms with Gasteiger partial charge in [0.25, 0.3) is 0 Å². The molecule has 2 aromatic carbocycles. The summed E-state index contributed by atoms with van der Waals surface area (Å²) >= 11 is 0. The van der Waals surface area contributed by atoms with E-state index in [4.69, 9.17) is 4.74 Å². The van der Waals surface area contributed by atoms with Gasteiger partial charge in [-0.25, -0.2) is 0 Å². The van der Waals surface area contributed by atoms with Crippen molar-refractivity contribution < 1.29 is 4.74 Å². The van der Waals surface area contributed by atoms with Crippen LogP contribution in [0.4, 0.5) is 0 Å². The molecular formula is C17H22ClNO. The first kappa shape index (κ1) is 15.1. The first-order valence-corrected chi connectivity index (χ1v) is 7.23. The summed E-state index contributed by atoms with van der Waals surface area (Å²) in [5.41, 5.74) is 0. The second-order valence-electron chi connectivity index (χ2n) is 5.37. The lowest BCUT2D eigenvalue weighted by Gasteiger charge is -2.34. The molecular weight excluding hydrogens is 270 g/mol. The fourth-order valence-electron chi connectivity index (χ4n) is 2.66. The smallest absolute Gasteiger partial charge is 0.120 e. The fourth-order valence-corrected chi connectivity index (χ4v) is 2.66. The minimum Gasteiger partial charge on any atom is -0.490 e. The molecule has 0 radical (unpaired) electrons. The highest BCUT2D eigenvalue weighted by atomic mass is 35.5. The van der Waals surface area contributed by atoms with E-state index in [0.29, 0.717) is 12.0 Å². The van der Waals surface area contributed by atoms with Gasteiger partial charge in [0.1, 0.15) is 11.9 Å². The number of rotatable bonds is 5. The van der Waals surface area contributed by atoms with E-state index in [-0.39, 0.29) is 12.4 Å². The van der Waals surface area contributed by atoms with Crippen molar-refractivity contribution in [2.75, 3.05) is 13.1 Å². The van der Waals surface area contributed by atoms with Gasteiger partial charge < -0.3 is 10.1 Å². The SMILES string of the molecule is CCCC(Oc1ccc2ccccc2c1)C1CNC1.Cl. The molecule has 1 atom stereocenters. The summed E-state index contributed by atoms with van der Waals surface area (Å²) in [5, 5.41) is 5.86. The van der Waals surface area contributed by atoms with Gasteiger partial charge in [0.2, 0.25) is 0 Å². The number of nitrogens with one attached hydrogen (secondary N) is 1. The zero-order valence-corrected chi connectivity index (χ0v) is 12.7. The summed E-state index contributed by atoms with van der Waals surface area (Å²) in [6.45, 7) is 4.42. The van der Waals surface area contributed by atoms with Crippen LogP contribution in [-0.2, 0) is 0 Å². The largest absolute Gasteiger partial charge is 0.490 e. The Labute approximate surface area is 126 Å². The lowest BCUT2D eigenvalue weighted by molar-refractivity contribution is 0.0909. The average molecular weight is 292 g/mol. The standard InChI is InChI=1S/C17H21NO.ClH/c1-2-5-17(15-11-18-12-15)19-16-9-8-13-6-3-4-7-14(13)10-16;/h3-4,6-10,15,17-18H,2,5,11-12H2,1H3;1H. The van der Waals surface area contributed by atoms with E-state index in [1.807, 2.05) is 0 Å². The Morgan fingerprint density at radius 2 is 1.90 bits per heavy atom. The molecule has 108 valence electrons. The highest BCUT2D eigenvalue weighted by molar-refractivity contribution is 5.85. The molecule has 1 heterocycles. The molecule has 0 spiro atoms. The van der Waals surface area contributed by atoms with E-state index in [1.54, 1.807) is 0 Å². The molecule has 3 heteroatoms. The second-order valence-corrected chi connectivity index (χ2v) is 5.37. The Morgan fingerprint density at radius 1 is 1.15 bits per heavy atom. The molecule has 0 amide bonds. The molecule has 1 saturated heterocycles. The maximum atomic E-state index is 6.23. The van der Waals surface area contributed by atoms with Gasteiger partial charge in [-0.1, -0.05) is 43.7 Å². The lowest BCUT2D eigenvalue weighted by Crippen LogP contribution is -2.50. The predicted molar refractivity (Wildman–Crippen MR) is 86.9 cm³/mol. The molecule has 1 fully saturated rings. The van der Waals surface area contributed by atoms with Crippen molar-refractivity contribution in [1.82, 2.24) is 5.32 Å². The van der Waals surface area contributed by atoms with E-state index in [0.717, 1.165) is 25.3 Å². The van der Waals surface area contributed by atoms with E-state index in [1.165, 1.54) is 17.2 Å². The molecule has 2 nitrogen and oxygen atoms in total. The Kier molecular flexibility index (Phi) is 5.27. The summed E-state index contributed by atoms with van der Waals surface area (Å²) in [6.07, 6.45) is 2.67. The molecule has 2 aromatic rings. The van der Waals surface area contributed by atoms with Crippen LogP contribution >= 0.6 is 12.4 Å². The Balaban J connectivity index is 0.00000147. The fraction of sp³-hybridized carbons (Fsp3) is 0.412. The maximum Gasteiger partial charge on any atom is 0.120 e. The van der Waals surface area contributed by atoms with Gasteiger partial charge >= 0.3 is 0 Å². The van der Waals surface area contributed by atoms with Crippen LogP contribution in [0.1, 0.15) is 19.8 Å². The minimum absolute atomic E-state index is 0. The molecule has 0 aromatic heterocycles. The van der Waals surface area contributed by atoms with Gasteiger partial charge in [0.15, 0.2) is 0 Å². The molecule has 0 bridgehead atoms. The predicted octanol–water partition coefficient (Wildman–Crippen LogP) is 4.03. The zero-order valence-electron chi connectivity index (χ0n) is 11.8. The first-order chi connectivity index (χ1) is 9.36. The molecule has 1 N–H and O–H groups in total. The average Bonchev–Trinajstić information content (AvgIpc) is 2.37. The van der Waals surface area contributed by atoms with Crippen molar-refractivity contribution >= 4 is 23.2 Å². The van der Waals surface area contributed by atoms with Gasteiger partial charge in [-0.05, 0) is 29.3 Å². The van der Waals surface area contributed by atoms with Gasteiger partial charge in [0.05, 0.1) is 0 Å². The number of ether oxygens (including phenoxy) is 1. The molecule has 0 saturated carbocycles. The third kappa shape index (κ3) is 3.25. The molecule has 20 heavy (non-hydrogen) atoms. The molecule has 1 unspecified atom stereocenters. The maximum absolute atomic E-state index is 6.23. The number of halogens is 1. The number of hydrogen-bond donors (Lipinski definition) is 1. The number of hydrogen-bond acceptors (Lipinski definition) is 2. The van der Waals surface area contributed by atoms with Gasteiger partial charge in [-0.2, -0.15) is 0 Å². The topological polar surface area (TPSA) is 21.3 Å². The summed E-state index contributed by atoms with van der Waals surface area (Å²) in [6, 6.07) is 14.8. The second kappa shape index (κ2) is 6.96. The monoisotopic (exact) mass is 291 g/mol. The van der Waals surface area contributed by atoms with Crippen LogP contribution in [0, 0.1) is 5.92 Å². The Bertz CT molecular complexity index is 553. The Morgan fingerprint density at radius 3 is 2.55 bits per heavy atom. The van der Waals surface area contributed by atoms with Gasteiger partial charge in [-0.3, -0.25) is 0 Å². The van der Waals surface area contributed by atoms with Crippen molar-refractivity contribution in [3.8, 4) is 5.75 Å². The van der Waals surface area contributed by atoms with Crippen LogP contribution in [0.3, 0.4) is 0 Å².